The minimum atomic E-state index is 0.175. The van der Waals surface area contributed by atoms with Crippen molar-refractivity contribution in [3.05, 3.63) is 34.3 Å². The van der Waals surface area contributed by atoms with Crippen molar-refractivity contribution < 1.29 is 4.74 Å². The van der Waals surface area contributed by atoms with Gasteiger partial charge in [-0.05, 0) is 17.7 Å². The Morgan fingerprint density at radius 3 is 2.69 bits per heavy atom. The van der Waals surface area contributed by atoms with Crippen LogP contribution in [-0.2, 0) is 10.2 Å². The van der Waals surface area contributed by atoms with E-state index in [1.54, 1.807) is 0 Å². The smallest absolute Gasteiger partial charge is 0.0598 e. The molecule has 1 N–H and O–H groups in total. The Morgan fingerprint density at radius 1 is 1.44 bits per heavy atom. The molecular formula is C13H18BrNO. The number of halogens is 1. The van der Waals surface area contributed by atoms with Crippen LogP contribution in [0.1, 0.15) is 19.4 Å². The lowest BCUT2D eigenvalue weighted by Crippen LogP contribution is -2.54. The van der Waals surface area contributed by atoms with Crippen LogP contribution < -0.4 is 5.32 Å². The molecule has 0 unspecified atom stereocenters. The predicted molar refractivity (Wildman–Crippen MR) is 69.8 cm³/mol. The SMILES string of the molecule is CC(C)NCC1(c2cccc(Br)c2)COC1. The van der Waals surface area contributed by atoms with Crippen LogP contribution in [0.15, 0.2) is 28.7 Å². The monoisotopic (exact) mass is 283 g/mol. The molecule has 0 amide bonds. The standard InChI is InChI=1S/C13H18BrNO/c1-10(2)15-7-13(8-16-9-13)11-4-3-5-12(14)6-11/h3-6,10,15H,7-9H2,1-2H3. The van der Waals surface area contributed by atoms with Crippen molar-refractivity contribution in [1.29, 1.82) is 0 Å². The van der Waals surface area contributed by atoms with Crippen molar-refractivity contribution in [2.24, 2.45) is 0 Å². The molecule has 16 heavy (non-hydrogen) atoms. The molecule has 0 aromatic heterocycles. The molecule has 1 heterocycles. The Morgan fingerprint density at radius 2 is 2.19 bits per heavy atom. The quantitative estimate of drug-likeness (QED) is 0.918. The number of hydrogen-bond acceptors (Lipinski definition) is 2. The fourth-order valence-corrected chi connectivity index (χ4v) is 2.34. The molecule has 0 atom stereocenters. The van der Waals surface area contributed by atoms with E-state index in [4.69, 9.17) is 4.74 Å². The van der Waals surface area contributed by atoms with Gasteiger partial charge in [-0.25, -0.2) is 0 Å². The Balaban J connectivity index is 2.14. The van der Waals surface area contributed by atoms with Gasteiger partial charge in [-0.15, -0.1) is 0 Å². The van der Waals surface area contributed by atoms with Gasteiger partial charge in [-0.3, -0.25) is 0 Å². The van der Waals surface area contributed by atoms with Crippen LogP contribution in [0, 0.1) is 0 Å². The van der Waals surface area contributed by atoms with E-state index in [-0.39, 0.29) is 5.41 Å². The first-order valence-electron chi connectivity index (χ1n) is 5.70. The van der Waals surface area contributed by atoms with Crippen LogP contribution in [-0.4, -0.2) is 25.8 Å². The zero-order chi connectivity index (χ0) is 11.6. The van der Waals surface area contributed by atoms with E-state index in [1.807, 2.05) is 0 Å². The van der Waals surface area contributed by atoms with Crippen molar-refractivity contribution in [2.75, 3.05) is 19.8 Å². The van der Waals surface area contributed by atoms with E-state index in [0.29, 0.717) is 6.04 Å². The van der Waals surface area contributed by atoms with Gasteiger partial charge in [0.1, 0.15) is 0 Å². The summed E-state index contributed by atoms with van der Waals surface area (Å²) >= 11 is 3.53. The molecule has 1 aromatic carbocycles. The van der Waals surface area contributed by atoms with Gasteiger partial charge in [-0.2, -0.15) is 0 Å². The second-order valence-electron chi connectivity index (χ2n) is 4.82. The molecule has 1 fully saturated rings. The first-order valence-corrected chi connectivity index (χ1v) is 6.49. The number of benzene rings is 1. The molecule has 1 aliphatic heterocycles. The van der Waals surface area contributed by atoms with E-state index in [9.17, 15) is 0 Å². The average Bonchev–Trinajstić information content (AvgIpc) is 2.15. The first kappa shape index (κ1) is 12.1. The molecule has 0 aliphatic carbocycles. The van der Waals surface area contributed by atoms with Crippen molar-refractivity contribution in [3.8, 4) is 0 Å². The van der Waals surface area contributed by atoms with Gasteiger partial charge in [-0.1, -0.05) is 41.9 Å². The van der Waals surface area contributed by atoms with E-state index in [2.05, 4.69) is 59.4 Å². The average molecular weight is 284 g/mol. The van der Waals surface area contributed by atoms with Gasteiger partial charge >= 0.3 is 0 Å². The maximum absolute atomic E-state index is 5.41. The molecule has 0 bridgehead atoms. The van der Waals surface area contributed by atoms with Crippen molar-refractivity contribution in [2.45, 2.75) is 25.3 Å². The summed E-state index contributed by atoms with van der Waals surface area (Å²) in [6, 6.07) is 9.06. The maximum atomic E-state index is 5.41. The van der Waals surface area contributed by atoms with Gasteiger partial charge in [0.2, 0.25) is 0 Å². The number of nitrogens with one attached hydrogen (secondary N) is 1. The van der Waals surface area contributed by atoms with Gasteiger partial charge in [0.15, 0.2) is 0 Å². The van der Waals surface area contributed by atoms with Crippen LogP contribution in [0.25, 0.3) is 0 Å². The van der Waals surface area contributed by atoms with Crippen molar-refractivity contribution in [3.63, 3.8) is 0 Å². The second kappa shape index (κ2) is 4.86. The number of ether oxygens (including phenoxy) is 1. The zero-order valence-corrected chi connectivity index (χ0v) is 11.4. The predicted octanol–water partition coefficient (Wildman–Crippen LogP) is 2.72. The Hall–Kier alpha value is -0.380. The highest BCUT2D eigenvalue weighted by atomic mass is 79.9. The minimum Gasteiger partial charge on any atom is -0.379 e. The highest BCUT2D eigenvalue weighted by molar-refractivity contribution is 9.10. The van der Waals surface area contributed by atoms with E-state index in [0.717, 1.165) is 24.2 Å². The largest absolute Gasteiger partial charge is 0.379 e. The van der Waals surface area contributed by atoms with Gasteiger partial charge in [0, 0.05) is 17.1 Å². The normalized spacial score (nSPS) is 18.5. The summed E-state index contributed by atoms with van der Waals surface area (Å²) in [5, 5.41) is 3.51. The third-order valence-electron chi connectivity index (χ3n) is 3.04. The molecule has 1 aliphatic rings. The molecule has 2 rings (SSSR count). The van der Waals surface area contributed by atoms with Gasteiger partial charge in [0.25, 0.3) is 0 Å². The van der Waals surface area contributed by atoms with Crippen molar-refractivity contribution >= 4 is 15.9 Å². The molecular weight excluding hydrogens is 266 g/mol. The Labute approximate surface area is 106 Å². The van der Waals surface area contributed by atoms with E-state index >= 15 is 0 Å². The van der Waals surface area contributed by atoms with Gasteiger partial charge in [0.05, 0.1) is 18.6 Å². The maximum Gasteiger partial charge on any atom is 0.0598 e. The minimum absolute atomic E-state index is 0.175. The van der Waals surface area contributed by atoms with Crippen LogP contribution >= 0.6 is 15.9 Å². The highest BCUT2D eigenvalue weighted by Gasteiger charge is 2.40. The first-order chi connectivity index (χ1) is 7.62. The zero-order valence-electron chi connectivity index (χ0n) is 9.79. The molecule has 0 spiro atoms. The summed E-state index contributed by atoms with van der Waals surface area (Å²) < 4.78 is 6.55. The third-order valence-corrected chi connectivity index (χ3v) is 3.54. The lowest BCUT2D eigenvalue weighted by atomic mass is 9.78. The third kappa shape index (κ3) is 2.47. The van der Waals surface area contributed by atoms with Gasteiger partial charge < -0.3 is 10.1 Å². The second-order valence-corrected chi connectivity index (χ2v) is 5.73. The summed E-state index contributed by atoms with van der Waals surface area (Å²) in [5.41, 5.74) is 1.54. The topological polar surface area (TPSA) is 21.3 Å². The molecule has 0 saturated carbocycles. The Bertz CT molecular complexity index is 361. The lowest BCUT2D eigenvalue weighted by molar-refractivity contribution is -0.0597. The number of hydrogen-bond donors (Lipinski definition) is 1. The van der Waals surface area contributed by atoms with Crippen LogP contribution in [0.2, 0.25) is 0 Å². The summed E-state index contributed by atoms with van der Waals surface area (Å²) in [7, 11) is 0. The van der Waals surface area contributed by atoms with Crippen LogP contribution in [0.4, 0.5) is 0 Å². The summed E-state index contributed by atoms with van der Waals surface area (Å²) in [5.74, 6) is 0. The van der Waals surface area contributed by atoms with Crippen LogP contribution in [0.3, 0.4) is 0 Å². The molecule has 3 heteroatoms. The van der Waals surface area contributed by atoms with Crippen LogP contribution in [0.5, 0.6) is 0 Å². The highest BCUT2D eigenvalue weighted by Crippen LogP contribution is 2.33. The van der Waals surface area contributed by atoms with E-state index in [1.165, 1.54) is 5.56 Å². The molecule has 0 radical (unpaired) electrons. The molecule has 1 aromatic rings. The summed E-state index contributed by atoms with van der Waals surface area (Å²) in [6.45, 7) is 6.98. The summed E-state index contributed by atoms with van der Waals surface area (Å²) in [6.07, 6.45) is 0. The fraction of sp³-hybridized carbons (Fsp3) is 0.538. The van der Waals surface area contributed by atoms with E-state index < -0.39 is 0 Å². The fourth-order valence-electron chi connectivity index (χ4n) is 1.94. The molecule has 88 valence electrons. The van der Waals surface area contributed by atoms with Crippen molar-refractivity contribution in [1.82, 2.24) is 5.32 Å². The number of rotatable bonds is 4. The molecule has 2 nitrogen and oxygen atoms in total. The summed E-state index contributed by atoms with van der Waals surface area (Å²) in [4.78, 5) is 0. The lowest BCUT2D eigenvalue weighted by Gasteiger charge is -2.42. The Kier molecular flexibility index (Phi) is 3.67. The molecule has 1 saturated heterocycles.